The van der Waals surface area contributed by atoms with Crippen LogP contribution in [0.5, 0.6) is 0 Å². The molecule has 4 bridgehead atoms. The molecule has 100 valence electrons. The molecule has 2 heteroatoms. The quantitative estimate of drug-likeness (QED) is 0.778. The van der Waals surface area contributed by atoms with Crippen LogP contribution in [0.2, 0.25) is 0 Å². The van der Waals surface area contributed by atoms with Crippen LogP contribution in [0, 0.1) is 29.1 Å². The summed E-state index contributed by atoms with van der Waals surface area (Å²) in [5, 5.41) is 10.1. The summed E-state index contributed by atoms with van der Waals surface area (Å²) in [5.74, 6) is 3.03. The number of allylic oxidation sites excluding steroid dienone is 1. The van der Waals surface area contributed by atoms with Gasteiger partial charge in [0.05, 0.1) is 6.10 Å². The van der Waals surface area contributed by atoms with Crippen molar-refractivity contribution < 1.29 is 9.84 Å². The van der Waals surface area contributed by atoms with Crippen molar-refractivity contribution in [3.05, 3.63) is 12.7 Å². The Labute approximate surface area is 109 Å². The zero-order valence-corrected chi connectivity index (χ0v) is 11.1. The Morgan fingerprint density at radius 2 is 2.11 bits per heavy atom. The molecule has 2 heterocycles. The summed E-state index contributed by atoms with van der Waals surface area (Å²) in [5.41, 5.74) is 0.516. The lowest BCUT2D eigenvalue weighted by Gasteiger charge is -2.48. The highest BCUT2D eigenvalue weighted by molar-refractivity contribution is 5.09. The first-order chi connectivity index (χ1) is 8.70. The Morgan fingerprint density at radius 1 is 1.22 bits per heavy atom. The van der Waals surface area contributed by atoms with Gasteiger partial charge in [0, 0.05) is 5.92 Å². The van der Waals surface area contributed by atoms with Crippen molar-refractivity contribution in [1.82, 2.24) is 0 Å². The Bertz CT molecular complexity index is 366. The van der Waals surface area contributed by atoms with Crippen molar-refractivity contribution in [1.29, 1.82) is 0 Å². The highest BCUT2D eigenvalue weighted by Crippen LogP contribution is 2.66. The standard InChI is InChI=1S/C16H24O2/c1-2-3-11-6-14(11)16-7-10-4-12(8-16)15(17)18-13(5-10)9-16/h2,10-15,17H,1,3-9H2/t10?,11?,12?,13?,14-,15?,16?/m0/s1. The fourth-order valence-corrected chi connectivity index (χ4v) is 5.59. The minimum Gasteiger partial charge on any atom is -0.368 e. The average Bonchev–Trinajstić information content (AvgIpc) is 3.08. The molecule has 0 aromatic heterocycles. The van der Waals surface area contributed by atoms with E-state index in [4.69, 9.17) is 4.74 Å². The van der Waals surface area contributed by atoms with Crippen LogP contribution >= 0.6 is 0 Å². The summed E-state index contributed by atoms with van der Waals surface area (Å²) in [6.45, 7) is 3.89. The van der Waals surface area contributed by atoms with E-state index in [9.17, 15) is 5.11 Å². The second-order valence-electron chi connectivity index (χ2n) is 7.35. The van der Waals surface area contributed by atoms with Crippen molar-refractivity contribution in [2.75, 3.05) is 0 Å². The van der Waals surface area contributed by atoms with Gasteiger partial charge in [-0.05, 0) is 68.1 Å². The van der Waals surface area contributed by atoms with E-state index in [1.807, 2.05) is 0 Å². The molecule has 0 spiro atoms. The minimum absolute atomic E-state index is 0.344. The highest BCUT2D eigenvalue weighted by Gasteiger charge is 2.60. The van der Waals surface area contributed by atoms with E-state index in [0.29, 0.717) is 17.4 Å². The van der Waals surface area contributed by atoms with Crippen LogP contribution < -0.4 is 0 Å². The van der Waals surface area contributed by atoms with Gasteiger partial charge in [-0.1, -0.05) is 6.08 Å². The molecule has 6 unspecified atom stereocenters. The van der Waals surface area contributed by atoms with Gasteiger partial charge in [0.25, 0.3) is 0 Å². The molecule has 2 saturated heterocycles. The van der Waals surface area contributed by atoms with Crippen LogP contribution in [0.4, 0.5) is 0 Å². The molecule has 2 aliphatic heterocycles. The van der Waals surface area contributed by atoms with Gasteiger partial charge in [-0.3, -0.25) is 0 Å². The van der Waals surface area contributed by atoms with E-state index in [0.717, 1.165) is 17.8 Å². The van der Waals surface area contributed by atoms with Gasteiger partial charge >= 0.3 is 0 Å². The molecule has 18 heavy (non-hydrogen) atoms. The molecule has 5 rings (SSSR count). The number of fused-ring (bicyclic) bond motifs is 1. The van der Waals surface area contributed by atoms with Gasteiger partial charge in [-0.2, -0.15) is 0 Å². The predicted molar refractivity (Wildman–Crippen MR) is 69.8 cm³/mol. The highest BCUT2D eigenvalue weighted by atomic mass is 16.6. The second-order valence-corrected chi connectivity index (χ2v) is 7.35. The first kappa shape index (κ1) is 11.5. The molecular formula is C16H24O2. The van der Waals surface area contributed by atoms with Gasteiger partial charge in [0.1, 0.15) is 0 Å². The van der Waals surface area contributed by atoms with Crippen molar-refractivity contribution in [2.24, 2.45) is 29.1 Å². The number of rotatable bonds is 3. The molecule has 0 aromatic carbocycles. The van der Waals surface area contributed by atoms with E-state index < -0.39 is 6.29 Å². The zero-order valence-electron chi connectivity index (χ0n) is 11.1. The minimum atomic E-state index is -0.473. The molecule has 0 amide bonds. The molecule has 5 aliphatic rings. The van der Waals surface area contributed by atoms with E-state index >= 15 is 0 Å². The predicted octanol–water partition coefficient (Wildman–Crippen LogP) is 3.11. The fourth-order valence-electron chi connectivity index (χ4n) is 5.59. The Kier molecular flexibility index (Phi) is 2.44. The average molecular weight is 248 g/mol. The lowest BCUT2D eigenvalue weighted by atomic mass is 9.56. The number of aliphatic hydroxyl groups excluding tert-OH is 1. The van der Waals surface area contributed by atoms with Gasteiger partial charge in [-0.15, -0.1) is 6.58 Å². The van der Waals surface area contributed by atoms with Crippen molar-refractivity contribution >= 4 is 0 Å². The molecule has 0 aromatic rings. The maximum atomic E-state index is 10.1. The largest absolute Gasteiger partial charge is 0.368 e. The van der Waals surface area contributed by atoms with Crippen LogP contribution in [0.3, 0.4) is 0 Å². The maximum Gasteiger partial charge on any atom is 0.157 e. The molecule has 7 atom stereocenters. The van der Waals surface area contributed by atoms with Gasteiger partial charge in [0.2, 0.25) is 0 Å². The zero-order chi connectivity index (χ0) is 12.3. The van der Waals surface area contributed by atoms with Crippen LogP contribution in [0.25, 0.3) is 0 Å². The van der Waals surface area contributed by atoms with Crippen LogP contribution in [-0.4, -0.2) is 17.5 Å². The van der Waals surface area contributed by atoms with Crippen molar-refractivity contribution in [2.45, 2.75) is 57.3 Å². The second kappa shape index (κ2) is 3.83. The first-order valence-electron chi connectivity index (χ1n) is 7.64. The summed E-state index contributed by atoms with van der Waals surface area (Å²) in [4.78, 5) is 0. The van der Waals surface area contributed by atoms with Gasteiger partial charge in [-0.25, -0.2) is 0 Å². The summed E-state index contributed by atoms with van der Waals surface area (Å²) in [6, 6.07) is 0. The van der Waals surface area contributed by atoms with Gasteiger partial charge in [0.15, 0.2) is 6.29 Å². The molecule has 5 fully saturated rings. The van der Waals surface area contributed by atoms with Crippen molar-refractivity contribution in [3.8, 4) is 0 Å². The number of hydrogen-bond donors (Lipinski definition) is 1. The van der Waals surface area contributed by atoms with E-state index in [1.165, 1.54) is 44.9 Å². The molecule has 0 radical (unpaired) electrons. The summed E-state index contributed by atoms with van der Waals surface area (Å²) in [6.07, 6.45) is 10.8. The monoisotopic (exact) mass is 248 g/mol. The Balaban J connectivity index is 1.60. The topological polar surface area (TPSA) is 29.5 Å². The van der Waals surface area contributed by atoms with E-state index in [1.54, 1.807) is 0 Å². The fraction of sp³-hybridized carbons (Fsp3) is 0.875. The Morgan fingerprint density at radius 3 is 2.94 bits per heavy atom. The molecule has 2 nitrogen and oxygen atoms in total. The molecule has 3 saturated carbocycles. The number of hydrogen-bond acceptors (Lipinski definition) is 2. The molecule has 1 N–H and O–H groups in total. The number of ether oxygens (including phenoxy) is 1. The van der Waals surface area contributed by atoms with Gasteiger partial charge < -0.3 is 9.84 Å². The third kappa shape index (κ3) is 1.61. The van der Waals surface area contributed by atoms with Crippen molar-refractivity contribution in [3.63, 3.8) is 0 Å². The molecular weight excluding hydrogens is 224 g/mol. The van der Waals surface area contributed by atoms with Crippen LogP contribution in [-0.2, 0) is 4.74 Å². The SMILES string of the molecule is C=CCC1C[C@@H]1C12CC3CC(C1)OC(O)C(C3)C2. The summed E-state index contributed by atoms with van der Waals surface area (Å²) < 4.78 is 5.87. The maximum absolute atomic E-state index is 10.1. The smallest absolute Gasteiger partial charge is 0.157 e. The first-order valence-corrected chi connectivity index (χ1v) is 7.64. The summed E-state index contributed by atoms with van der Waals surface area (Å²) >= 11 is 0. The van der Waals surface area contributed by atoms with Crippen LogP contribution in [0.1, 0.15) is 44.9 Å². The normalized spacial score (nSPS) is 57.4. The van der Waals surface area contributed by atoms with Crippen LogP contribution in [0.15, 0.2) is 12.7 Å². The summed E-state index contributed by atoms with van der Waals surface area (Å²) in [7, 11) is 0. The van der Waals surface area contributed by atoms with E-state index in [-0.39, 0.29) is 0 Å². The Hall–Kier alpha value is -0.340. The third-order valence-electron chi connectivity index (χ3n) is 6.14. The lowest BCUT2D eigenvalue weighted by molar-refractivity contribution is -0.149. The number of aliphatic hydroxyl groups is 1. The van der Waals surface area contributed by atoms with E-state index in [2.05, 4.69) is 12.7 Å². The lowest BCUT2D eigenvalue weighted by Crippen LogP contribution is -2.41. The third-order valence-corrected chi connectivity index (χ3v) is 6.14. The molecule has 3 aliphatic carbocycles.